The summed E-state index contributed by atoms with van der Waals surface area (Å²) in [4.78, 5) is 14.3. The molecule has 1 aliphatic carbocycles. The van der Waals surface area contributed by atoms with Crippen LogP contribution in [0.4, 0.5) is 0 Å². The largest absolute Gasteiger partial charge is 0.351 e. The SMILES string of the molecule is CCCN(C(=O)c1ccno1)C1CCC(N)CC1. The summed E-state index contributed by atoms with van der Waals surface area (Å²) in [5, 5.41) is 3.60. The second-order valence-electron chi connectivity index (χ2n) is 4.94. The molecule has 18 heavy (non-hydrogen) atoms. The van der Waals surface area contributed by atoms with Crippen molar-refractivity contribution < 1.29 is 9.32 Å². The van der Waals surface area contributed by atoms with Gasteiger partial charge in [-0.15, -0.1) is 0 Å². The Hall–Kier alpha value is -1.36. The maximum atomic E-state index is 12.3. The molecule has 0 spiro atoms. The van der Waals surface area contributed by atoms with E-state index in [1.54, 1.807) is 6.07 Å². The fourth-order valence-corrected chi connectivity index (χ4v) is 2.57. The van der Waals surface area contributed by atoms with E-state index in [9.17, 15) is 4.79 Å². The van der Waals surface area contributed by atoms with Crippen molar-refractivity contribution >= 4 is 5.91 Å². The Balaban J connectivity index is 2.05. The number of rotatable bonds is 4. The third kappa shape index (κ3) is 2.90. The molecular formula is C13H21N3O2. The lowest BCUT2D eigenvalue weighted by Crippen LogP contribution is -2.44. The standard InChI is InChI=1S/C13H21N3O2/c1-2-9-16(11-5-3-10(14)4-6-11)13(17)12-7-8-15-18-12/h7-8,10-11H,2-6,9,14H2,1H3. The Morgan fingerprint density at radius 3 is 2.78 bits per heavy atom. The van der Waals surface area contributed by atoms with Crippen molar-refractivity contribution in [2.45, 2.75) is 51.1 Å². The molecule has 1 aliphatic rings. The monoisotopic (exact) mass is 251 g/mol. The Morgan fingerprint density at radius 1 is 1.50 bits per heavy atom. The van der Waals surface area contributed by atoms with Gasteiger partial charge in [-0.2, -0.15) is 0 Å². The normalized spacial score (nSPS) is 23.9. The van der Waals surface area contributed by atoms with Gasteiger partial charge in [-0.1, -0.05) is 12.1 Å². The van der Waals surface area contributed by atoms with E-state index < -0.39 is 0 Å². The predicted molar refractivity (Wildman–Crippen MR) is 68.1 cm³/mol. The zero-order chi connectivity index (χ0) is 13.0. The fourth-order valence-electron chi connectivity index (χ4n) is 2.57. The van der Waals surface area contributed by atoms with Crippen molar-refractivity contribution in [2.75, 3.05) is 6.54 Å². The zero-order valence-corrected chi connectivity index (χ0v) is 10.8. The second kappa shape index (κ2) is 6.00. The van der Waals surface area contributed by atoms with Crippen LogP contribution in [0.2, 0.25) is 0 Å². The summed E-state index contributed by atoms with van der Waals surface area (Å²) in [6.45, 7) is 2.84. The molecule has 1 aromatic heterocycles. The van der Waals surface area contributed by atoms with Crippen LogP contribution in [0, 0.1) is 0 Å². The zero-order valence-electron chi connectivity index (χ0n) is 10.8. The summed E-state index contributed by atoms with van der Waals surface area (Å²) in [5.41, 5.74) is 5.91. The average molecular weight is 251 g/mol. The van der Waals surface area contributed by atoms with E-state index >= 15 is 0 Å². The topological polar surface area (TPSA) is 72.4 Å². The van der Waals surface area contributed by atoms with Crippen molar-refractivity contribution in [3.8, 4) is 0 Å². The lowest BCUT2D eigenvalue weighted by atomic mass is 9.90. The predicted octanol–water partition coefficient (Wildman–Crippen LogP) is 1.80. The van der Waals surface area contributed by atoms with Crippen LogP contribution in [0.25, 0.3) is 0 Å². The first kappa shape index (κ1) is 13.1. The quantitative estimate of drug-likeness (QED) is 0.885. The van der Waals surface area contributed by atoms with Crippen LogP contribution < -0.4 is 5.73 Å². The maximum Gasteiger partial charge on any atom is 0.292 e. The van der Waals surface area contributed by atoms with E-state index in [0.717, 1.165) is 38.6 Å². The maximum absolute atomic E-state index is 12.3. The van der Waals surface area contributed by atoms with E-state index in [1.807, 2.05) is 4.90 Å². The van der Waals surface area contributed by atoms with E-state index in [2.05, 4.69) is 12.1 Å². The molecule has 0 unspecified atom stereocenters. The van der Waals surface area contributed by atoms with Crippen LogP contribution in [0.5, 0.6) is 0 Å². The van der Waals surface area contributed by atoms with Gasteiger partial charge in [0.2, 0.25) is 5.76 Å². The molecule has 2 rings (SSSR count). The summed E-state index contributed by atoms with van der Waals surface area (Å²) in [6, 6.07) is 2.21. The van der Waals surface area contributed by atoms with Gasteiger partial charge in [0.15, 0.2) is 0 Å². The van der Waals surface area contributed by atoms with Gasteiger partial charge in [0.25, 0.3) is 5.91 Å². The molecule has 0 atom stereocenters. The van der Waals surface area contributed by atoms with Gasteiger partial charge in [0.05, 0.1) is 6.20 Å². The average Bonchev–Trinajstić information content (AvgIpc) is 2.90. The Morgan fingerprint density at radius 2 is 2.22 bits per heavy atom. The van der Waals surface area contributed by atoms with Crippen LogP contribution in [0.15, 0.2) is 16.8 Å². The molecule has 5 nitrogen and oxygen atoms in total. The minimum absolute atomic E-state index is 0.0465. The molecule has 2 N–H and O–H groups in total. The van der Waals surface area contributed by atoms with Crippen LogP contribution in [-0.4, -0.2) is 34.6 Å². The highest BCUT2D eigenvalue weighted by molar-refractivity contribution is 5.91. The summed E-state index contributed by atoms with van der Waals surface area (Å²) in [5.74, 6) is 0.285. The second-order valence-corrected chi connectivity index (χ2v) is 4.94. The molecule has 1 amide bonds. The van der Waals surface area contributed by atoms with Crippen molar-refractivity contribution in [2.24, 2.45) is 5.73 Å². The molecule has 1 aromatic rings. The molecule has 5 heteroatoms. The molecule has 100 valence electrons. The lowest BCUT2D eigenvalue weighted by molar-refractivity contribution is 0.0585. The van der Waals surface area contributed by atoms with Crippen LogP contribution in [0.3, 0.4) is 0 Å². The van der Waals surface area contributed by atoms with Crippen LogP contribution >= 0.6 is 0 Å². The molecule has 1 saturated carbocycles. The van der Waals surface area contributed by atoms with Crippen LogP contribution in [0.1, 0.15) is 49.6 Å². The number of hydrogen-bond donors (Lipinski definition) is 1. The van der Waals surface area contributed by atoms with E-state index in [-0.39, 0.29) is 5.91 Å². The number of amides is 1. The first-order chi connectivity index (χ1) is 8.72. The highest BCUT2D eigenvalue weighted by Gasteiger charge is 2.29. The molecule has 0 bridgehead atoms. The fraction of sp³-hybridized carbons (Fsp3) is 0.692. The van der Waals surface area contributed by atoms with Gasteiger partial charge in [0.1, 0.15) is 0 Å². The summed E-state index contributed by atoms with van der Waals surface area (Å²) >= 11 is 0. The third-order valence-electron chi connectivity index (χ3n) is 3.56. The number of nitrogens with zero attached hydrogens (tertiary/aromatic N) is 2. The molecule has 1 heterocycles. The molecule has 1 fully saturated rings. The number of hydrogen-bond acceptors (Lipinski definition) is 4. The third-order valence-corrected chi connectivity index (χ3v) is 3.56. The van der Waals surface area contributed by atoms with Gasteiger partial charge in [-0.05, 0) is 32.1 Å². The highest BCUT2D eigenvalue weighted by atomic mass is 16.5. The van der Waals surface area contributed by atoms with Gasteiger partial charge >= 0.3 is 0 Å². The van der Waals surface area contributed by atoms with Gasteiger partial charge in [-0.25, -0.2) is 0 Å². The van der Waals surface area contributed by atoms with E-state index in [0.29, 0.717) is 17.8 Å². The number of nitrogens with two attached hydrogens (primary N) is 1. The van der Waals surface area contributed by atoms with Gasteiger partial charge < -0.3 is 15.2 Å². The van der Waals surface area contributed by atoms with Gasteiger partial charge in [0, 0.05) is 24.7 Å². The summed E-state index contributed by atoms with van der Waals surface area (Å²) in [7, 11) is 0. The molecule has 0 radical (unpaired) electrons. The minimum Gasteiger partial charge on any atom is -0.351 e. The van der Waals surface area contributed by atoms with E-state index in [4.69, 9.17) is 10.3 Å². The van der Waals surface area contributed by atoms with Crippen LogP contribution in [-0.2, 0) is 0 Å². The van der Waals surface area contributed by atoms with Crippen molar-refractivity contribution in [1.29, 1.82) is 0 Å². The number of carbonyl (C=O) groups is 1. The van der Waals surface area contributed by atoms with Crippen molar-refractivity contribution in [1.82, 2.24) is 10.1 Å². The number of carbonyl (C=O) groups excluding carboxylic acids is 1. The summed E-state index contributed by atoms with van der Waals surface area (Å²) in [6.07, 6.45) is 6.42. The summed E-state index contributed by atoms with van der Waals surface area (Å²) < 4.78 is 4.97. The number of aromatic nitrogens is 1. The highest BCUT2D eigenvalue weighted by Crippen LogP contribution is 2.23. The molecule has 0 aliphatic heterocycles. The first-order valence-electron chi connectivity index (χ1n) is 6.69. The van der Waals surface area contributed by atoms with Crippen molar-refractivity contribution in [3.05, 3.63) is 18.0 Å². The lowest BCUT2D eigenvalue weighted by Gasteiger charge is -2.35. The Bertz CT molecular complexity index is 370. The van der Waals surface area contributed by atoms with E-state index in [1.165, 1.54) is 6.20 Å². The minimum atomic E-state index is -0.0465. The van der Waals surface area contributed by atoms with Crippen molar-refractivity contribution in [3.63, 3.8) is 0 Å². The first-order valence-corrected chi connectivity index (χ1v) is 6.69. The smallest absolute Gasteiger partial charge is 0.292 e. The Kier molecular flexibility index (Phi) is 4.36. The molecular weight excluding hydrogens is 230 g/mol. The Labute approximate surface area is 107 Å². The van der Waals surface area contributed by atoms with Gasteiger partial charge in [-0.3, -0.25) is 4.79 Å². The molecule has 0 aromatic carbocycles. The molecule has 0 saturated heterocycles.